The van der Waals surface area contributed by atoms with Gasteiger partial charge >= 0.3 is 11.9 Å². The summed E-state index contributed by atoms with van der Waals surface area (Å²) in [7, 11) is 0. The molecule has 8 heteroatoms. The minimum atomic E-state index is -0.489. The Bertz CT molecular complexity index is 1370. The summed E-state index contributed by atoms with van der Waals surface area (Å²) in [4.78, 5) is 26.7. The molecular formula is C52H79NO6S. The Labute approximate surface area is 368 Å². The van der Waals surface area contributed by atoms with Crippen molar-refractivity contribution in [1.82, 2.24) is 4.90 Å². The van der Waals surface area contributed by atoms with Gasteiger partial charge in [0.1, 0.15) is 0 Å². The lowest BCUT2D eigenvalue weighted by molar-refractivity contribution is -0.146. The second kappa shape index (κ2) is 30.8. The van der Waals surface area contributed by atoms with Gasteiger partial charge < -0.3 is 19.7 Å². The minimum Gasteiger partial charge on any atom is -0.465 e. The van der Waals surface area contributed by atoms with Gasteiger partial charge in [0.15, 0.2) is 0 Å². The zero-order valence-electron chi connectivity index (χ0n) is 37.6. The molecule has 2 atom stereocenters. The normalized spacial score (nSPS) is 12.9. The van der Waals surface area contributed by atoms with E-state index in [1.807, 2.05) is 11.8 Å². The minimum absolute atomic E-state index is 0.101. The van der Waals surface area contributed by atoms with Gasteiger partial charge in [-0.15, -0.1) is 11.8 Å². The van der Waals surface area contributed by atoms with Crippen LogP contribution in [-0.2, 0) is 23.8 Å². The van der Waals surface area contributed by atoms with Crippen molar-refractivity contribution in [3.8, 4) is 0 Å². The van der Waals surface area contributed by atoms with Crippen LogP contribution in [0.1, 0.15) is 154 Å². The van der Waals surface area contributed by atoms with E-state index in [0.717, 1.165) is 95.8 Å². The summed E-state index contributed by atoms with van der Waals surface area (Å²) in [5.41, 5.74) is 3.73. The molecule has 0 amide bonds. The largest absolute Gasteiger partial charge is 0.465 e. The van der Waals surface area contributed by atoms with Crippen LogP contribution in [0.4, 0.5) is 0 Å². The molecule has 0 radical (unpaired) electrons. The molecule has 0 heterocycles. The first-order chi connectivity index (χ1) is 29.2. The van der Waals surface area contributed by atoms with Gasteiger partial charge in [0.25, 0.3) is 0 Å². The molecule has 334 valence electrons. The van der Waals surface area contributed by atoms with Crippen molar-refractivity contribution in [2.45, 2.75) is 154 Å². The van der Waals surface area contributed by atoms with Crippen LogP contribution >= 0.6 is 11.8 Å². The fourth-order valence-corrected chi connectivity index (χ4v) is 9.43. The number of nitrogens with zero attached hydrogens (tertiary/aromatic N) is 1. The van der Waals surface area contributed by atoms with Crippen LogP contribution in [0.25, 0.3) is 0 Å². The van der Waals surface area contributed by atoms with Crippen molar-refractivity contribution in [2.24, 2.45) is 11.8 Å². The van der Waals surface area contributed by atoms with E-state index in [9.17, 15) is 19.8 Å². The number of thioether (sulfide) groups is 1. The molecule has 0 aromatic heterocycles. The van der Waals surface area contributed by atoms with Crippen molar-refractivity contribution in [3.63, 3.8) is 0 Å². The Morgan fingerprint density at radius 2 is 0.917 bits per heavy atom. The summed E-state index contributed by atoms with van der Waals surface area (Å²) in [5.74, 6) is 1.57. The average Bonchev–Trinajstić information content (AvgIpc) is 3.27. The number of aliphatic hydroxyl groups excluding tert-OH is 2. The highest BCUT2D eigenvalue weighted by Gasteiger charge is 2.36. The fourth-order valence-electron chi connectivity index (χ4n) is 7.94. The molecule has 0 aliphatic carbocycles. The van der Waals surface area contributed by atoms with E-state index in [-0.39, 0.29) is 16.7 Å². The average molecular weight is 846 g/mol. The van der Waals surface area contributed by atoms with Gasteiger partial charge in [0.05, 0.1) is 30.2 Å². The smallest absolute Gasteiger partial charge is 0.305 e. The van der Waals surface area contributed by atoms with Gasteiger partial charge in [-0.3, -0.25) is 14.5 Å². The highest BCUT2D eigenvalue weighted by Crippen LogP contribution is 2.48. The van der Waals surface area contributed by atoms with Gasteiger partial charge in [0.2, 0.25) is 0 Å². The number of hydrogen-bond acceptors (Lipinski definition) is 8. The van der Waals surface area contributed by atoms with Crippen molar-refractivity contribution in [3.05, 3.63) is 108 Å². The van der Waals surface area contributed by atoms with Crippen molar-refractivity contribution >= 4 is 23.7 Å². The van der Waals surface area contributed by atoms with Gasteiger partial charge in [-0.25, -0.2) is 0 Å². The van der Waals surface area contributed by atoms with Crippen LogP contribution in [0.3, 0.4) is 0 Å². The summed E-state index contributed by atoms with van der Waals surface area (Å²) in [6.07, 6.45) is 13.6. The molecule has 3 aromatic carbocycles. The molecule has 0 aliphatic heterocycles. The van der Waals surface area contributed by atoms with E-state index in [2.05, 4.69) is 124 Å². The zero-order valence-corrected chi connectivity index (χ0v) is 38.4. The Hall–Kier alpha value is -3.17. The number of carbonyl (C=O) groups excluding carboxylic acids is 2. The molecule has 2 N–H and O–H groups in total. The molecule has 0 saturated carbocycles. The van der Waals surface area contributed by atoms with Crippen LogP contribution in [-0.4, -0.2) is 77.9 Å². The van der Waals surface area contributed by atoms with Crippen LogP contribution in [0, 0.1) is 11.8 Å². The number of rotatable bonds is 34. The first kappa shape index (κ1) is 51.2. The van der Waals surface area contributed by atoms with E-state index in [4.69, 9.17) is 9.47 Å². The maximum absolute atomic E-state index is 12.2. The van der Waals surface area contributed by atoms with Crippen LogP contribution < -0.4 is 0 Å². The summed E-state index contributed by atoms with van der Waals surface area (Å²) >= 11 is 1.95. The highest BCUT2D eigenvalue weighted by atomic mass is 32.2. The lowest BCUT2D eigenvalue weighted by Gasteiger charge is -2.36. The first-order valence-electron chi connectivity index (χ1n) is 23.5. The summed E-state index contributed by atoms with van der Waals surface area (Å²) < 4.78 is 10.6. The van der Waals surface area contributed by atoms with Crippen molar-refractivity contribution in [1.29, 1.82) is 0 Å². The standard InChI is InChI=1S/C52H79NO6S/c1-5-43(6-2)41-58-50(56)35-24-11-9-22-33-48(54)39-53(40-49(55)34-23-10-12-25-36-51(57)59-42-44(7-3)8-4)37-26-38-60-52(45-27-16-13-17-28-45,46-29-18-14-19-30-46)47-31-20-15-21-32-47/h13-21,27-32,43-44,48-49,54-55H,5-12,22-26,33-42H2,1-4H3. The van der Waals surface area contributed by atoms with Gasteiger partial charge in [-0.2, -0.15) is 0 Å². The molecule has 0 fully saturated rings. The molecule has 7 nitrogen and oxygen atoms in total. The van der Waals surface area contributed by atoms with E-state index in [1.165, 1.54) is 16.7 Å². The molecule has 0 spiro atoms. The predicted molar refractivity (Wildman–Crippen MR) is 250 cm³/mol. The predicted octanol–water partition coefficient (Wildman–Crippen LogP) is 11.8. The Morgan fingerprint density at radius 3 is 1.28 bits per heavy atom. The number of esters is 2. The highest BCUT2D eigenvalue weighted by molar-refractivity contribution is 8.00. The Balaban J connectivity index is 1.56. The molecule has 0 aliphatic rings. The molecule has 2 unspecified atom stereocenters. The Kier molecular flexibility index (Phi) is 26.3. The second-order valence-corrected chi connectivity index (χ2v) is 18.0. The Morgan fingerprint density at radius 1 is 0.550 bits per heavy atom. The zero-order chi connectivity index (χ0) is 43.3. The molecule has 0 bridgehead atoms. The third-order valence-corrected chi connectivity index (χ3v) is 13.7. The molecule has 3 rings (SSSR count). The van der Waals surface area contributed by atoms with Gasteiger partial charge in [-0.1, -0.05) is 183 Å². The number of aliphatic hydroxyl groups is 2. The molecule has 60 heavy (non-hydrogen) atoms. The fraction of sp³-hybridized carbons (Fsp3) is 0.615. The van der Waals surface area contributed by atoms with Crippen molar-refractivity contribution in [2.75, 3.05) is 38.6 Å². The van der Waals surface area contributed by atoms with E-state index in [0.29, 0.717) is 63.8 Å². The van der Waals surface area contributed by atoms with Gasteiger partial charge in [0, 0.05) is 25.9 Å². The summed E-state index contributed by atoms with van der Waals surface area (Å²) in [5, 5.41) is 22.5. The van der Waals surface area contributed by atoms with E-state index < -0.39 is 12.2 Å². The molecule has 3 aromatic rings. The summed E-state index contributed by atoms with van der Waals surface area (Å²) in [6.45, 7) is 11.4. The number of unbranched alkanes of at least 4 members (excludes halogenated alkanes) is 6. The third kappa shape index (κ3) is 19.3. The van der Waals surface area contributed by atoms with Crippen LogP contribution in [0.2, 0.25) is 0 Å². The lowest BCUT2D eigenvalue weighted by Crippen LogP contribution is -2.39. The van der Waals surface area contributed by atoms with E-state index >= 15 is 0 Å². The SMILES string of the molecule is CCC(CC)COC(=O)CCCCCCC(O)CN(CCCSC(c1ccccc1)(c1ccccc1)c1ccccc1)CC(O)CCCCCCC(=O)OCC(CC)CC. The first-order valence-corrected chi connectivity index (χ1v) is 24.4. The van der Waals surface area contributed by atoms with Crippen LogP contribution in [0.5, 0.6) is 0 Å². The second-order valence-electron chi connectivity index (χ2n) is 16.7. The maximum atomic E-state index is 12.2. The van der Waals surface area contributed by atoms with Crippen LogP contribution in [0.15, 0.2) is 91.0 Å². The van der Waals surface area contributed by atoms with E-state index in [1.54, 1.807) is 0 Å². The maximum Gasteiger partial charge on any atom is 0.305 e. The summed E-state index contributed by atoms with van der Waals surface area (Å²) in [6, 6.07) is 32.3. The number of benzene rings is 3. The van der Waals surface area contributed by atoms with Crippen molar-refractivity contribution < 1.29 is 29.3 Å². The lowest BCUT2D eigenvalue weighted by atomic mass is 9.84. The topological polar surface area (TPSA) is 96.3 Å². The molecular weight excluding hydrogens is 767 g/mol. The third-order valence-electron chi connectivity index (χ3n) is 12.0. The number of carbonyl (C=O) groups is 2. The quantitative estimate of drug-likeness (QED) is 0.0349. The molecule has 0 saturated heterocycles. The number of ether oxygens (including phenoxy) is 2. The monoisotopic (exact) mass is 846 g/mol. The van der Waals surface area contributed by atoms with Gasteiger partial charge in [-0.05, 0) is 72.9 Å². The number of hydrogen-bond donors (Lipinski definition) is 2.